The second-order valence-corrected chi connectivity index (χ2v) is 6.57. The lowest BCUT2D eigenvalue weighted by molar-refractivity contribution is -0.382. The highest BCUT2D eigenvalue weighted by Gasteiger charge is 2.85. The highest BCUT2D eigenvalue weighted by atomic mass is 32.2. The standard InChI is InChI=1S/C11H9F9O6S/c1-3-25-7(22)5(2)26-6(21)4-27(23,24)11(19,20)9(14,15)8(12,13)10(16,17)18/h2-4H2,1H3. The number of carbonyl (C=O) groups is 2. The fourth-order valence-corrected chi connectivity index (χ4v) is 2.29. The van der Waals surface area contributed by atoms with Crippen LogP contribution in [0.3, 0.4) is 0 Å². The Bertz CT molecular complexity index is 710. The van der Waals surface area contributed by atoms with Crippen LogP contribution in [0.1, 0.15) is 6.92 Å². The Morgan fingerprint density at radius 3 is 1.74 bits per heavy atom. The first-order chi connectivity index (χ1) is 11.8. The first kappa shape index (κ1) is 25.0. The number of hydrogen-bond acceptors (Lipinski definition) is 6. The van der Waals surface area contributed by atoms with Gasteiger partial charge in [-0.25, -0.2) is 13.2 Å². The van der Waals surface area contributed by atoms with Crippen molar-refractivity contribution >= 4 is 21.8 Å². The Labute approximate surface area is 144 Å². The zero-order valence-corrected chi connectivity index (χ0v) is 13.7. The number of carbonyl (C=O) groups excluding carboxylic acids is 2. The lowest BCUT2D eigenvalue weighted by Gasteiger charge is -2.32. The molecule has 0 aliphatic heterocycles. The van der Waals surface area contributed by atoms with Gasteiger partial charge < -0.3 is 9.47 Å². The highest BCUT2D eigenvalue weighted by molar-refractivity contribution is 7.93. The van der Waals surface area contributed by atoms with Gasteiger partial charge in [0.05, 0.1) is 6.61 Å². The number of sulfone groups is 1. The molecule has 27 heavy (non-hydrogen) atoms. The van der Waals surface area contributed by atoms with Gasteiger partial charge >= 0.3 is 35.2 Å². The summed E-state index contributed by atoms with van der Waals surface area (Å²) in [4.78, 5) is 22.1. The molecule has 0 atom stereocenters. The van der Waals surface area contributed by atoms with Gasteiger partial charge in [0, 0.05) is 0 Å². The van der Waals surface area contributed by atoms with E-state index in [1.54, 1.807) is 0 Å². The molecule has 0 aromatic carbocycles. The molecule has 0 amide bonds. The largest absolute Gasteiger partial charge is 0.460 e. The molecule has 6 nitrogen and oxygen atoms in total. The van der Waals surface area contributed by atoms with Gasteiger partial charge in [-0.1, -0.05) is 0 Å². The summed E-state index contributed by atoms with van der Waals surface area (Å²) in [7, 11) is -6.97. The summed E-state index contributed by atoms with van der Waals surface area (Å²) in [6, 6.07) is 0. The Hall–Kier alpha value is -2.00. The predicted molar refractivity (Wildman–Crippen MR) is 66.5 cm³/mol. The van der Waals surface area contributed by atoms with Gasteiger partial charge in [-0.15, -0.1) is 0 Å². The molecule has 0 spiro atoms. The second kappa shape index (κ2) is 7.55. The molecular weight excluding hydrogens is 431 g/mol. The van der Waals surface area contributed by atoms with Crippen molar-refractivity contribution < 1.29 is 67.0 Å². The number of hydrogen-bond donors (Lipinski definition) is 0. The van der Waals surface area contributed by atoms with E-state index in [0.29, 0.717) is 0 Å². The third-order valence-electron chi connectivity index (χ3n) is 2.55. The normalized spacial score (nSPS) is 13.9. The van der Waals surface area contributed by atoms with Crippen LogP contribution < -0.4 is 0 Å². The third-order valence-corrected chi connectivity index (χ3v) is 4.21. The SMILES string of the molecule is C=C(OC(=O)CS(=O)(=O)C(F)(F)C(F)(F)C(F)(F)C(F)(F)F)C(=O)OCC. The summed E-state index contributed by atoms with van der Waals surface area (Å²) in [5.74, 6) is -22.9. The molecule has 0 bridgehead atoms. The molecule has 0 fully saturated rings. The van der Waals surface area contributed by atoms with Gasteiger partial charge in [-0.05, 0) is 13.5 Å². The van der Waals surface area contributed by atoms with Crippen molar-refractivity contribution in [1.82, 2.24) is 0 Å². The molecule has 0 saturated carbocycles. The molecule has 158 valence electrons. The maximum Gasteiger partial charge on any atom is 0.460 e. The fourth-order valence-electron chi connectivity index (χ4n) is 1.22. The van der Waals surface area contributed by atoms with Crippen LogP contribution in [0.5, 0.6) is 0 Å². The number of rotatable bonds is 8. The Morgan fingerprint density at radius 2 is 1.37 bits per heavy atom. The van der Waals surface area contributed by atoms with Crippen LogP contribution in [-0.4, -0.2) is 56.0 Å². The third kappa shape index (κ3) is 4.65. The minimum absolute atomic E-state index is 0.315. The predicted octanol–water partition coefficient (Wildman–Crippen LogP) is 2.45. The molecule has 0 N–H and O–H groups in total. The van der Waals surface area contributed by atoms with Crippen LogP contribution in [0.4, 0.5) is 39.5 Å². The van der Waals surface area contributed by atoms with E-state index in [0.717, 1.165) is 0 Å². The minimum Gasteiger partial charge on any atom is -0.460 e. The van der Waals surface area contributed by atoms with E-state index >= 15 is 0 Å². The smallest absolute Gasteiger partial charge is 0.460 e. The van der Waals surface area contributed by atoms with Gasteiger partial charge in [-0.2, -0.15) is 39.5 Å². The van der Waals surface area contributed by atoms with Crippen LogP contribution in [0.25, 0.3) is 0 Å². The minimum atomic E-state index is -7.48. The molecule has 16 heteroatoms. The van der Waals surface area contributed by atoms with Crippen LogP contribution in [0, 0.1) is 0 Å². The van der Waals surface area contributed by atoms with Crippen LogP contribution in [0.15, 0.2) is 12.3 Å². The molecule has 0 rings (SSSR count). The van der Waals surface area contributed by atoms with Gasteiger partial charge in [0.2, 0.25) is 15.6 Å². The zero-order chi connectivity index (χ0) is 22.1. The van der Waals surface area contributed by atoms with E-state index in [-0.39, 0.29) is 6.61 Å². The van der Waals surface area contributed by atoms with Crippen molar-refractivity contribution in [3.8, 4) is 0 Å². The summed E-state index contributed by atoms with van der Waals surface area (Å²) in [6.45, 7) is 3.64. The monoisotopic (exact) mass is 440 g/mol. The molecule has 0 aromatic heterocycles. The first-order valence-electron chi connectivity index (χ1n) is 6.25. The van der Waals surface area contributed by atoms with Crippen molar-refractivity contribution in [1.29, 1.82) is 0 Å². The molecule has 0 unspecified atom stereocenters. The van der Waals surface area contributed by atoms with Crippen molar-refractivity contribution in [2.45, 2.75) is 30.2 Å². The molecule has 0 aliphatic carbocycles. The van der Waals surface area contributed by atoms with E-state index in [4.69, 9.17) is 0 Å². The van der Waals surface area contributed by atoms with E-state index in [1.165, 1.54) is 6.92 Å². The van der Waals surface area contributed by atoms with Crippen LogP contribution >= 0.6 is 0 Å². The number of halogens is 9. The topological polar surface area (TPSA) is 86.7 Å². The lowest BCUT2D eigenvalue weighted by Crippen LogP contribution is -2.63. The summed E-state index contributed by atoms with van der Waals surface area (Å²) in [6.07, 6.45) is -7.24. The maximum atomic E-state index is 13.3. The van der Waals surface area contributed by atoms with Gasteiger partial charge in [0.25, 0.3) is 0 Å². The van der Waals surface area contributed by atoms with Crippen molar-refractivity contribution in [3.05, 3.63) is 12.3 Å². The number of ether oxygens (including phenoxy) is 2. The number of alkyl halides is 9. The fraction of sp³-hybridized carbons (Fsp3) is 0.636. The highest BCUT2D eigenvalue weighted by Crippen LogP contribution is 2.54. The van der Waals surface area contributed by atoms with Crippen LogP contribution in [-0.2, 0) is 28.9 Å². The Kier molecular flexibility index (Phi) is 6.99. The quantitative estimate of drug-likeness (QED) is 0.250. The Balaban J connectivity index is 5.66. The van der Waals surface area contributed by atoms with Gasteiger partial charge in [0.1, 0.15) is 0 Å². The first-order valence-corrected chi connectivity index (χ1v) is 7.90. The summed E-state index contributed by atoms with van der Waals surface area (Å²) >= 11 is 0. The van der Waals surface area contributed by atoms with Gasteiger partial charge in [0.15, 0.2) is 5.75 Å². The van der Waals surface area contributed by atoms with Crippen molar-refractivity contribution in [2.75, 3.05) is 12.4 Å². The lowest BCUT2D eigenvalue weighted by atomic mass is 10.1. The summed E-state index contributed by atoms with van der Waals surface area (Å²) < 4.78 is 144. The van der Waals surface area contributed by atoms with E-state index in [2.05, 4.69) is 16.1 Å². The molecule has 0 aromatic rings. The molecule has 0 saturated heterocycles. The average molecular weight is 440 g/mol. The van der Waals surface area contributed by atoms with Gasteiger partial charge in [-0.3, -0.25) is 4.79 Å². The summed E-state index contributed by atoms with van der Waals surface area (Å²) in [5, 5.41) is -7.04. The number of esters is 2. The molecule has 0 heterocycles. The molecule has 0 aliphatic rings. The molecular formula is C11H9F9O6S. The average Bonchev–Trinajstić information content (AvgIpc) is 2.44. The second-order valence-electron chi connectivity index (χ2n) is 4.54. The summed E-state index contributed by atoms with van der Waals surface area (Å²) in [5.41, 5.74) is 0. The zero-order valence-electron chi connectivity index (χ0n) is 12.9. The Morgan fingerprint density at radius 1 is 0.926 bits per heavy atom. The van der Waals surface area contributed by atoms with Crippen molar-refractivity contribution in [3.63, 3.8) is 0 Å². The van der Waals surface area contributed by atoms with Crippen molar-refractivity contribution in [2.24, 2.45) is 0 Å². The van der Waals surface area contributed by atoms with E-state index in [1.807, 2.05) is 0 Å². The van der Waals surface area contributed by atoms with E-state index < -0.39 is 56.6 Å². The van der Waals surface area contributed by atoms with E-state index in [9.17, 15) is 57.5 Å². The maximum absolute atomic E-state index is 13.3. The van der Waals surface area contributed by atoms with Crippen LogP contribution in [0.2, 0.25) is 0 Å². The molecule has 0 radical (unpaired) electrons.